The fraction of sp³-hybridized carbons (Fsp3) is 0. The van der Waals surface area contributed by atoms with E-state index in [2.05, 4.69) is 15.2 Å². The first-order valence-electron chi connectivity index (χ1n) is 5.81. The highest BCUT2D eigenvalue weighted by Gasteiger charge is 2.12. The molecule has 1 aromatic carbocycles. The molecular formula is C13H7FN4OS. The van der Waals surface area contributed by atoms with Gasteiger partial charge in [-0.05, 0) is 23.6 Å². The molecule has 0 saturated heterocycles. The van der Waals surface area contributed by atoms with Crippen LogP contribution in [0.3, 0.4) is 0 Å². The molecule has 0 atom stereocenters. The molecule has 0 unspecified atom stereocenters. The molecule has 0 saturated carbocycles. The molecule has 7 heteroatoms. The summed E-state index contributed by atoms with van der Waals surface area (Å²) in [5.41, 5.74) is 1.46. The van der Waals surface area contributed by atoms with Crippen molar-refractivity contribution >= 4 is 27.2 Å². The van der Waals surface area contributed by atoms with Crippen LogP contribution in [0.4, 0.5) is 4.39 Å². The molecule has 0 spiro atoms. The molecule has 0 bridgehead atoms. The Morgan fingerprint density at radius 2 is 2.20 bits per heavy atom. The number of benzene rings is 1. The van der Waals surface area contributed by atoms with Crippen LogP contribution in [-0.2, 0) is 0 Å². The van der Waals surface area contributed by atoms with Crippen molar-refractivity contribution in [3.05, 3.63) is 47.9 Å². The van der Waals surface area contributed by atoms with Gasteiger partial charge in [-0.1, -0.05) is 6.07 Å². The van der Waals surface area contributed by atoms with Gasteiger partial charge in [0, 0.05) is 6.07 Å². The van der Waals surface area contributed by atoms with E-state index >= 15 is 0 Å². The molecule has 5 nitrogen and oxygen atoms in total. The number of thiophene rings is 1. The zero-order valence-corrected chi connectivity index (χ0v) is 10.8. The van der Waals surface area contributed by atoms with Crippen LogP contribution in [0.2, 0.25) is 0 Å². The molecule has 0 aliphatic carbocycles. The number of fused-ring (bicyclic) bond motifs is 3. The van der Waals surface area contributed by atoms with Crippen LogP contribution in [0.5, 0.6) is 11.8 Å². The average Bonchev–Trinajstić information content (AvgIpc) is 3.06. The number of ether oxygens (including phenoxy) is 1. The molecule has 4 aromatic rings. The van der Waals surface area contributed by atoms with Gasteiger partial charge in [-0.3, -0.25) is 0 Å². The van der Waals surface area contributed by atoms with Gasteiger partial charge in [0.25, 0.3) is 0 Å². The summed E-state index contributed by atoms with van der Waals surface area (Å²) >= 11 is 1.54. The molecule has 0 aliphatic rings. The molecular weight excluding hydrogens is 279 g/mol. The Morgan fingerprint density at radius 1 is 1.25 bits per heavy atom. The topological polar surface area (TPSA) is 52.3 Å². The van der Waals surface area contributed by atoms with E-state index < -0.39 is 0 Å². The first kappa shape index (κ1) is 11.3. The van der Waals surface area contributed by atoms with Gasteiger partial charge < -0.3 is 4.74 Å². The van der Waals surface area contributed by atoms with Gasteiger partial charge in [-0.25, -0.2) is 8.79 Å². The molecule has 0 radical (unpaired) electrons. The summed E-state index contributed by atoms with van der Waals surface area (Å²) in [7, 11) is 0. The van der Waals surface area contributed by atoms with Crippen LogP contribution in [0.1, 0.15) is 0 Å². The fourth-order valence-corrected chi connectivity index (χ4v) is 2.76. The Balaban J connectivity index is 1.91. The predicted molar refractivity (Wildman–Crippen MR) is 72.6 cm³/mol. The summed E-state index contributed by atoms with van der Waals surface area (Å²) in [6, 6.07) is 8.09. The predicted octanol–water partition coefficient (Wildman–Crippen LogP) is 3.27. The highest BCUT2D eigenvalue weighted by molar-refractivity contribution is 7.17. The van der Waals surface area contributed by atoms with E-state index in [0.717, 1.165) is 10.2 Å². The maximum atomic E-state index is 13.2. The third-order valence-corrected chi connectivity index (χ3v) is 3.72. The Hall–Kier alpha value is -2.54. The van der Waals surface area contributed by atoms with Gasteiger partial charge in [0.2, 0.25) is 0 Å². The zero-order valence-electron chi connectivity index (χ0n) is 10.0. The lowest BCUT2D eigenvalue weighted by Gasteiger charge is -2.06. The molecule has 0 amide bonds. The molecule has 0 fully saturated rings. The van der Waals surface area contributed by atoms with E-state index in [1.54, 1.807) is 16.5 Å². The van der Waals surface area contributed by atoms with Gasteiger partial charge in [0.1, 0.15) is 17.9 Å². The Bertz CT molecular complexity index is 917. The third kappa shape index (κ3) is 1.71. The smallest absolute Gasteiger partial charge is 0.309 e. The second kappa shape index (κ2) is 4.24. The van der Waals surface area contributed by atoms with Crippen LogP contribution in [0.25, 0.3) is 15.9 Å². The second-order valence-corrected chi connectivity index (χ2v) is 5.03. The van der Waals surface area contributed by atoms with Crippen LogP contribution < -0.4 is 4.74 Å². The van der Waals surface area contributed by atoms with Crippen molar-refractivity contribution in [3.63, 3.8) is 0 Å². The van der Waals surface area contributed by atoms with E-state index in [0.29, 0.717) is 17.4 Å². The summed E-state index contributed by atoms with van der Waals surface area (Å²) in [6.07, 6.45) is 1.52. The maximum Gasteiger partial charge on any atom is 0.309 e. The summed E-state index contributed by atoms with van der Waals surface area (Å²) in [5, 5.41) is 9.87. The SMILES string of the molecule is Fc1cccc(Oc2nc3ccsc3c3nncn23)c1. The standard InChI is InChI=1S/C13H7FN4OS/c14-8-2-1-3-9(6-8)19-13-16-10-4-5-20-11(10)12-17-15-7-18(12)13/h1-7H. The molecule has 20 heavy (non-hydrogen) atoms. The zero-order chi connectivity index (χ0) is 13.5. The average molecular weight is 286 g/mol. The van der Waals surface area contributed by atoms with Crippen molar-refractivity contribution in [2.75, 3.05) is 0 Å². The van der Waals surface area contributed by atoms with Crippen molar-refractivity contribution in [1.82, 2.24) is 19.6 Å². The van der Waals surface area contributed by atoms with Gasteiger partial charge in [-0.2, -0.15) is 4.98 Å². The molecule has 3 heterocycles. The van der Waals surface area contributed by atoms with Crippen molar-refractivity contribution in [2.24, 2.45) is 0 Å². The summed E-state index contributed by atoms with van der Waals surface area (Å²) in [5.74, 6) is 0.0150. The highest BCUT2D eigenvalue weighted by Crippen LogP contribution is 2.28. The largest absolute Gasteiger partial charge is 0.425 e. The van der Waals surface area contributed by atoms with Gasteiger partial charge in [-0.15, -0.1) is 21.5 Å². The second-order valence-electron chi connectivity index (χ2n) is 4.11. The minimum Gasteiger partial charge on any atom is -0.425 e. The first-order chi connectivity index (χ1) is 9.81. The molecule has 3 aromatic heterocycles. The molecule has 0 aliphatic heterocycles. The minimum atomic E-state index is -0.362. The van der Waals surface area contributed by atoms with E-state index in [1.807, 2.05) is 11.4 Å². The minimum absolute atomic E-state index is 0.307. The number of hydrogen-bond acceptors (Lipinski definition) is 5. The summed E-state index contributed by atoms with van der Waals surface area (Å²) in [6.45, 7) is 0. The number of halogens is 1. The van der Waals surface area contributed by atoms with Gasteiger partial charge in [0.05, 0.1) is 10.2 Å². The number of aromatic nitrogens is 4. The van der Waals surface area contributed by atoms with Crippen LogP contribution in [0.15, 0.2) is 42.0 Å². The lowest BCUT2D eigenvalue weighted by atomic mass is 10.3. The molecule has 98 valence electrons. The lowest BCUT2D eigenvalue weighted by Crippen LogP contribution is -1.97. The molecule has 4 rings (SSSR count). The quantitative estimate of drug-likeness (QED) is 0.567. The summed E-state index contributed by atoms with van der Waals surface area (Å²) in [4.78, 5) is 4.41. The first-order valence-corrected chi connectivity index (χ1v) is 6.69. The Labute approximate surface area is 116 Å². The lowest BCUT2D eigenvalue weighted by molar-refractivity contribution is 0.433. The molecule has 0 N–H and O–H groups in total. The van der Waals surface area contributed by atoms with E-state index in [-0.39, 0.29) is 5.82 Å². The third-order valence-electron chi connectivity index (χ3n) is 2.82. The maximum absolute atomic E-state index is 13.2. The Morgan fingerprint density at radius 3 is 3.10 bits per heavy atom. The van der Waals surface area contributed by atoms with Crippen LogP contribution in [0, 0.1) is 5.82 Å². The number of nitrogens with zero attached hydrogens (tertiary/aromatic N) is 4. The Kier molecular flexibility index (Phi) is 2.40. The van der Waals surface area contributed by atoms with Crippen LogP contribution >= 0.6 is 11.3 Å². The number of rotatable bonds is 2. The van der Waals surface area contributed by atoms with Crippen LogP contribution in [-0.4, -0.2) is 19.6 Å². The normalized spacial score (nSPS) is 11.2. The monoisotopic (exact) mass is 286 g/mol. The van der Waals surface area contributed by atoms with E-state index in [9.17, 15) is 4.39 Å². The van der Waals surface area contributed by atoms with E-state index in [4.69, 9.17) is 4.74 Å². The number of hydrogen-bond donors (Lipinski definition) is 0. The fourth-order valence-electron chi connectivity index (χ4n) is 1.95. The van der Waals surface area contributed by atoms with Crippen molar-refractivity contribution < 1.29 is 9.13 Å². The van der Waals surface area contributed by atoms with Gasteiger partial charge in [0.15, 0.2) is 5.65 Å². The van der Waals surface area contributed by atoms with E-state index in [1.165, 1.54) is 29.8 Å². The highest BCUT2D eigenvalue weighted by atomic mass is 32.1. The van der Waals surface area contributed by atoms with Crippen molar-refractivity contribution in [1.29, 1.82) is 0 Å². The summed E-state index contributed by atoms with van der Waals surface area (Å²) < 4.78 is 21.4. The van der Waals surface area contributed by atoms with Gasteiger partial charge >= 0.3 is 6.01 Å². The van der Waals surface area contributed by atoms with Crippen molar-refractivity contribution in [3.8, 4) is 11.8 Å². The van der Waals surface area contributed by atoms with Crippen molar-refractivity contribution in [2.45, 2.75) is 0 Å².